The van der Waals surface area contributed by atoms with Gasteiger partial charge >= 0.3 is 23.9 Å². The van der Waals surface area contributed by atoms with Gasteiger partial charge in [0.1, 0.15) is 13.2 Å². The molecule has 0 fully saturated rings. The van der Waals surface area contributed by atoms with Crippen LogP contribution in [-0.4, -0.2) is 86.9 Å². The normalized spacial score (nSPS) is 13.9. The van der Waals surface area contributed by atoms with Gasteiger partial charge < -0.3 is 51.9 Å². The number of unbranched alkanes of at least 4 members (excludes halogenated alkanes) is 48. The van der Waals surface area contributed by atoms with Crippen LogP contribution < -0.4 is 9.79 Å². The molecular weight excluding hydrogens is 1220 g/mol. The van der Waals surface area contributed by atoms with E-state index in [2.05, 4.69) is 27.7 Å². The van der Waals surface area contributed by atoms with Gasteiger partial charge in [-0.1, -0.05) is 336 Å². The van der Waals surface area contributed by atoms with E-state index in [9.17, 15) is 43.2 Å². The Morgan fingerprint density at radius 1 is 0.290 bits per heavy atom. The van der Waals surface area contributed by atoms with Gasteiger partial charge in [0.25, 0.3) is 15.6 Å². The smallest absolute Gasteiger partial charge is 0.306 e. The van der Waals surface area contributed by atoms with Crippen molar-refractivity contribution in [2.45, 2.75) is 412 Å². The van der Waals surface area contributed by atoms with E-state index >= 15 is 0 Å². The zero-order chi connectivity index (χ0) is 68.2. The summed E-state index contributed by atoms with van der Waals surface area (Å²) in [6.45, 7) is 5.23. The number of esters is 4. The molecule has 0 aliphatic heterocycles. The predicted octanol–water partition coefficient (Wildman–Crippen LogP) is 20.6. The molecule has 1 N–H and O–H groups in total. The van der Waals surface area contributed by atoms with Gasteiger partial charge in [-0.15, -0.1) is 0 Å². The highest BCUT2D eigenvalue weighted by Gasteiger charge is 2.24. The summed E-state index contributed by atoms with van der Waals surface area (Å²) in [7, 11) is -10.2. The number of hydrogen-bond acceptors (Lipinski definition) is 17. The standard InChI is InChI=1S/C74H144O17P2/c1-5-9-13-17-21-25-29-33-37-41-45-49-53-57-71(76)84-64-69(90-73(78)59-55-51-47-43-39-35-31-27-23-19-15-11-7-3)66-88-92(80,81)86-62-61-68(75)63-87-93(82,83)89-67-70(91-74(79)60-56-52-48-44-40-36-32-28-24-20-16-12-8-4)65-85-72(77)58-54-50-46-42-38-34-30-26-22-18-14-10-6-2/h68-70,75H,5-67H2,1-4H3,(H,80,81)(H,82,83)/p-2. The van der Waals surface area contributed by atoms with Crippen molar-refractivity contribution in [2.24, 2.45) is 0 Å². The van der Waals surface area contributed by atoms with Crippen LogP contribution in [0.3, 0.4) is 0 Å². The molecule has 0 bridgehead atoms. The molecule has 0 radical (unpaired) electrons. The number of hydrogen-bond donors (Lipinski definition) is 1. The average Bonchev–Trinajstić information content (AvgIpc) is 2.26. The largest absolute Gasteiger partial charge is 0.756 e. The zero-order valence-corrected chi connectivity index (χ0v) is 61.9. The quantitative estimate of drug-likeness (QED) is 0.0257. The molecule has 0 spiro atoms. The van der Waals surface area contributed by atoms with Crippen LogP contribution in [0.1, 0.15) is 394 Å². The van der Waals surface area contributed by atoms with Crippen LogP contribution >= 0.6 is 15.6 Å². The molecule has 5 unspecified atom stereocenters. The van der Waals surface area contributed by atoms with Crippen molar-refractivity contribution in [1.82, 2.24) is 0 Å². The monoisotopic (exact) mass is 1360 g/mol. The van der Waals surface area contributed by atoms with E-state index in [1.165, 1.54) is 218 Å². The Hall–Kier alpha value is -1.94. The van der Waals surface area contributed by atoms with Crippen LogP contribution in [0, 0.1) is 0 Å². The lowest BCUT2D eigenvalue weighted by Crippen LogP contribution is -2.31. The van der Waals surface area contributed by atoms with E-state index in [0.717, 1.165) is 89.9 Å². The van der Waals surface area contributed by atoms with Crippen molar-refractivity contribution < 1.29 is 80.2 Å². The number of rotatable bonds is 75. The lowest BCUT2D eigenvalue weighted by Gasteiger charge is -2.27. The van der Waals surface area contributed by atoms with Gasteiger partial charge in [0.05, 0.1) is 32.5 Å². The molecule has 0 aliphatic rings. The first-order valence-corrected chi connectivity index (χ1v) is 41.7. The maximum Gasteiger partial charge on any atom is 0.306 e. The minimum absolute atomic E-state index is 0.102. The highest BCUT2D eigenvalue weighted by molar-refractivity contribution is 7.46. The molecule has 93 heavy (non-hydrogen) atoms. The van der Waals surface area contributed by atoms with Crippen LogP contribution in [-0.2, 0) is 65.4 Å². The third-order valence-corrected chi connectivity index (χ3v) is 19.3. The number of ether oxygens (including phenoxy) is 4. The number of carbonyl (C=O) groups excluding carboxylic acids is 4. The second-order valence-corrected chi connectivity index (χ2v) is 29.4. The zero-order valence-electron chi connectivity index (χ0n) is 60.2. The fraction of sp³-hybridized carbons (Fsp3) is 0.946. The molecule has 19 heteroatoms. The van der Waals surface area contributed by atoms with Crippen LogP contribution in [0.15, 0.2) is 0 Å². The lowest BCUT2D eigenvalue weighted by atomic mass is 10.0. The molecule has 5 atom stereocenters. The fourth-order valence-corrected chi connectivity index (χ4v) is 12.9. The molecule has 0 amide bonds. The first kappa shape index (κ1) is 91.1. The molecule has 17 nitrogen and oxygen atoms in total. The molecule has 0 aromatic rings. The highest BCUT2D eigenvalue weighted by Crippen LogP contribution is 2.40. The molecule has 0 saturated carbocycles. The Labute approximate surface area is 568 Å². The summed E-state index contributed by atoms with van der Waals surface area (Å²) in [5.74, 6) is -2.13. The summed E-state index contributed by atoms with van der Waals surface area (Å²) in [6.07, 6.45) is 56.2. The fourth-order valence-electron chi connectivity index (χ4n) is 11.4. The molecule has 0 aliphatic carbocycles. The minimum atomic E-state index is -5.14. The van der Waals surface area contributed by atoms with E-state index in [-0.39, 0.29) is 25.7 Å². The first-order valence-electron chi connectivity index (χ1n) is 38.7. The highest BCUT2D eigenvalue weighted by atomic mass is 31.2. The molecule has 552 valence electrons. The topological polar surface area (TPSA) is 243 Å². The number of phosphoric ester groups is 2. The summed E-state index contributed by atoms with van der Waals surface area (Å²) in [4.78, 5) is 77.3. The Morgan fingerprint density at radius 3 is 0.742 bits per heavy atom. The summed E-state index contributed by atoms with van der Waals surface area (Å²) in [5, 5.41) is 10.6. The van der Waals surface area contributed by atoms with Gasteiger partial charge in [-0.3, -0.25) is 28.3 Å². The first-order chi connectivity index (χ1) is 45.2. The Kier molecular flexibility index (Phi) is 67.1. The molecular formula is C74H142O17P2-2. The number of phosphoric acid groups is 2. The molecule has 0 rings (SSSR count). The molecule has 0 heterocycles. The third kappa shape index (κ3) is 68.4. The van der Waals surface area contributed by atoms with Crippen molar-refractivity contribution in [3.8, 4) is 0 Å². The number of aliphatic hydroxyl groups excluding tert-OH is 1. The average molecular weight is 1370 g/mol. The molecule has 0 aromatic carbocycles. The maximum absolute atomic E-state index is 13.0. The minimum Gasteiger partial charge on any atom is -0.756 e. The van der Waals surface area contributed by atoms with E-state index in [1.54, 1.807) is 0 Å². The van der Waals surface area contributed by atoms with Crippen molar-refractivity contribution in [2.75, 3.05) is 39.6 Å². The van der Waals surface area contributed by atoms with Crippen molar-refractivity contribution >= 4 is 39.5 Å². The summed E-state index contributed by atoms with van der Waals surface area (Å²) in [6, 6.07) is 0. The maximum atomic E-state index is 13.0. The second kappa shape index (κ2) is 68.6. The van der Waals surface area contributed by atoms with Gasteiger partial charge in [0, 0.05) is 25.7 Å². The predicted molar refractivity (Wildman–Crippen MR) is 373 cm³/mol. The number of carbonyl (C=O) groups is 4. The lowest BCUT2D eigenvalue weighted by molar-refractivity contribution is -0.232. The van der Waals surface area contributed by atoms with Gasteiger partial charge in [-0.25, -0.2) is 0 Å². The summed E-state index contributed by atoms with van der Waals surface area (Å²) >= 11 is 0. The van der Waals surface area contributed by atoms with Gasteiger partial charge in [-0.2, -0.15) is 0 Å². The number of aliphatic hydroxyl groups is 1. The molecule has 0 aromatic heterocycles. The Bertz CT molecular complexity index is 1770. The van der Waals surface area contributed by atoms with Crippen LogP contribution in [0.5, 0.6) is 0 Å². The van der Waals surface area contributed by atoms with Crippen LogP contribution in [0.2, 0.25) is 0 Å². The van der Waals surface area contributed by atoms with Crippen LogP contribution in [0.4, 0.5) is 0 Å². The van der Waals surface area contributed by atoms with E-state index in [1.807, 2.05) is 0 Å². The van der Waals surface area contributed by atoms with Crippen molar-refractivity contribution in [3.05, 3.63) is 0 Å². The Morgan fingerprint density at radius 2 is 0.495 bits per heavy atom. The molecule has 0 saturated heterocycles. The van der Waals surface area contributed by atoms with Crippen molar-refractivity contribution in [3.63, 3.8) is 0 Å². The van der Waals surface area contributed by atoms with Crippen molar-refractivity contribution in [1.29, 1.82) is 0 Å². The third-order valence-electron chi connectivity index (χ3n) is 17.4. The van der Waals surface area contributed by atoms with E-state index in [4.69, 9.17) is 37.0 Å². The van der Waals surface area contributed by atoms with Crippen LogP contribution in [0.25, 0.3) is 0 Å². The van der Waals surface area contributed by atoms with Gasteiger partial charge in [0.15, 0.2) is 12.2 Å². The second-order valence-electron chi connectivity index (χ2n) is 26.6. The summed E-state index contributed by atoms with van der Waals surface area (Å²) in [5.41, 5.74) is 0. The van der Waals surface area contributed by atoms with E-state index in [0.29, 0.717) is 25.7 Å². The van der Waals surface area contributed by atoms with Gasteiger partial charge in [0.2, 0.25) is 0 Å². The van der Waals surface area contributed by atoms with E-state index < -0.39 is 104 Å². The Balaban J connectivity index is 5.20. The van der Waals surface area contributed by atoms with Gasteiger partial charge in [-0.05, 0) is 32.1 Å². The summed E-state index contributed by atoms with van der Waals surface area (Å²) < 4.78 is 67.8. The SMILES string of the molecule is CCCCCCCCCCCCCCCC(=O)OCC(COP(=O)([O-])OCCC(O)COP(=O)([O-])OCC(COC(=O)CCCCCCCCCCCCCCC)OC(=O)CCCCCCCCCCCCCCC)OC(=O)CCCCCCCCCCCCCCC.